The van der Waals surface area contributed by atoms with Crippen LogP contribution in [0.5, 0.6) is 0 Å². The highest BCUT2D eigenvalue weighted by atomic mass is 35.5. The number of hydrogen-bond donors (Lipinski definition) is 2. The molecule has 20 heavy (non-hydrogen) atoms. The molecule has 0 aromatic carbocycles. The minimum absolute atomic E-state index is 0.125. The third-order valence-corrected chi connectivity index (χ3v) is 3.26. The van der Waals surface area contributed by atoms with Crippen LogP contribution in [0.1, 0.15) is 23.3 Å². The number of aromatic nitrogens is 5. The lowest BCUT2D eigenvalue weighted by molar-refractivity contribution is 0.102. The fourth-order valence-electron chi connectivity index (χ4n) is 2.02. The summed E-state index contributed by atoms with van der Waals surface area (Å²) in [6.07, 6.45) is 4.95. The lowest BCUT2D eigenvalue weighted by Crippen LogP contribution is -2.23. The molecule has 9 heteroatoms. The summed E-state index contributed by atoms with van der Waals surface area (Å²) >= 11 is 5.99. The van der Waals surface area contributed by atoms with Gasteiger partial charge in [-0.2, -0.15) is 10.1 Å². The molecule has 8 nitrogen and oxygen atoms in total. The van der Waals surface area contributed by atoms with Gasteiger partial charge in [-0.25, -0.2) is 15.1 Å². The zero-order valence-electron chi connectivity index (χ0n) is 10.5. The number of halogens is 1. The summed E-state index contributed by atoms with van der Waals surface area (Å²) in [5.41, 5.74) is 0.125. The highest BCUT2D eigenvalue weighted by molar-refractivity contribution is 6.33. The number of rotatable bonds is 3. The molecule has 3 rings (SSSR count). The number of carbonyl (C=O) groups is 1. The van der Waals surface area contributed by atoms with Crippen molar-refractivity contribution in [2.24, 2.45) is 0 Å². The Morgan fingerprint density at radius 3 is 2.85 bits per heavy atom. The number of amides is 1. The lowest BCUT2D eigenvalue weighted by Gasteiger charge is -2.15. The summed E-state index contributed by atoms with van der Waals surface area (Å²) in [4.78, 5) is 26.4. The molecule has 2 aromatic heterocycles. The first-order chi connectivity index (χ1) is 9.74. The van der Waals surface area contributed by atoms with Crippen LogP contribution in [0.2, 0.25) is 5.02 Å². The summed E-state index contributed by atoms with van der Waals surface area (Å²) in [6, 6.07) is 0. The molecular weight excluding hydrogens is 282 g/mol. The van der Waals surface area contributed by atoms with Gasteiger partial charge < -0.3 is 4.90 Å². The van der Waals surface area contributed by atoms with E-state index in [1.807, 2.05) is 4.90 Å². The predicted octanol–water partition coefficient (Wildman–Crippen LogP) is 1.10. The van der Waals surface area contributed by atoms with Crippen LogP contribution >= 0.6 is 11.6 Å². The molecule has 1 aliphatic heterocycles. The second-order valence-electron chi connectivity index (χ2n) is 4.35. The van der Waals surface area contributed by atoms with Gasteiger partial charge in [0.25, 0.3) is 5.91 Å². The number of aromatic amines is 1. The Labute approximate surface area is 119 Å². The molecule has 1 saturated heterocycles. The molecule has 2 aromatic rings. The van der Waals surface area contributed by atoms with Crippen LogP contribution in [0.4, 0.5) is 11.9 Å². The van der Waals surface area contributed by atoms with E-state index in [-0.39, 0.29) is 16.7 Å². The maximum absolute atomic E-state index is 12.1. The number of carbonyl (C=O) groups excluding carboxylic acids is 1. The average Bonchev–Trinajstić information content (AvgIpc) is 3.11. The van der Waals surface area contributed by atoms with Crippen molar-refractivity contribution in [3.05, 3.63) is 23.2 Å². The summed E-state index contributed by atoms with van der Waals surface area (Å²) in [5.74, 6) is 0.316. The first kappa shape index (κ1) is 12.8. The van der Waals surface area contributed by atoms with Gasteiger partial charge >= 0.3 is 0 Å². The van der Waals surface area contributed by atoms with E-state index < -0.39 is 5.91 Å². The number of hydrogen-bond acceptors (Lipinski definition) is 6. The molecule has 2 N–H and O–H groups in total. The minimum Gasteiger partial charge on any atom is -0.341 e. The Kier molecular flexibility index (Phi) is 3.46. The molecule has 0 unspecified atom stereocenters. The van der Waals surface area contributed by atoms with E-state index in [9.17, 15) is 4.79 Å². The normalized spacial score (nSPS) is 14.6. The maximum Gasteiger partial charge on any atom is 0.278 e. The van der Waals surface area contributed by atoms with E-state index in [0.717, 1.165) is 25.9 Å². The third kappa shape index (κ3) is 2.55. The average molecular weight is 294 g/mol. The Bertz CT molecular complexity index is 609. The Morgan fingerprint density at radius 1 is 1.35 bits per heavy atom. The fourth-order valence-corrected chi connectivity index (χ4v) is 2.20. The zero-order chi connectivity index (χ0) is 13.9. The predicted molar refractivity (Wildman–Crippen MR) is 72.8 cm³/mol. The van der Waals surface area contributed by atoms with Gasteiger partial charge in [-0.1, -0.05) is 11.6 Å². The standard InChI is InChI=1S/C11H12ClN7O/c12-7-5-13-11(19-3-1-2-4-19)16-8(7)9(20)17-10-14-6-15-18-10/h5-6H,1-4H2,(H2,14,15,17,18,20). The van der Waals surface area contributed by atoms with Crippen molar-refractivity contribution in [3.8, 4) is 0 Å². The van der Waals surface area contributed by atoms with Crippen LogP contribution < -0.4 is 10.2 Å². The second kappa shape index (κ2) is 5.41. The summed E-state index contributed by atoms with van der Waals surface area (Å²) < 4.78 is 0. The van der Waals surface area contributed by atoms with Gasteiger partial charge in [-0.05, 0) is 12.8 Å². The molecule has 0 saturated carbocycles. The van der Waals surface area contributed by atoms with E-state index in [4.69, 9.17) is 11.6 Å². The van der Waals surface area contributed by atoms with Crippen molar-refractivity contribution in [2.45, 2.75) is 12.8 Å². The van der Waals surface area contributed by atoms with E-state index in [1.54, 1.807) is 0 Å². The molecule has 1 amide bonds. The first-order valence-corrected chi connectivity index (χ1v) is 6.56. The van der Waals surface area contributed by atoms with Crippen LogP contribution in [-0.2, 0) is 0 Å². The third-order valence-electron chi connectivity index (χ3n) is 2.98. The first-order valence-electron chi connectivity index (χ1n) is 6.18. The van der Waals surface area contributed by atoms with Crippen molar-refractivity contribution >= 4 is 29.4 Å². The van der Waals surface area contributed by atoms with Gasteiger partial charge in [0.2, 0.25) is 11.9 Å². The van der Waals surface area contributed by atoms with Crippen LogP contribution in [0.25, 0.3) is 0 Å². The zero-order valence-corrected chi connectivity index (χ0v) is 11.3. The Morgan fingerprint density at radius 2 is 2.15 bits per heavy atom. The molecule has 1 fully saturated rings. The number of nitrogens with one attached hydrogen (secondary N) is 2. The molecule has 1 aliphatic rings. The minimum atomic E-state index is -0.449. The van der Waals surface area contributed by atoms with Crippen molar-refractivity contribution in [1.82, 2.24) is 25.1 Å². The summed E-state index contributed by atoms with van der Waals surface area (Å²) in [7, 11) is 0. The van der Waals surface area contributed by atoms with E-state index >= 15 is 0 Å². The van der Waals surface area contributed by atoms with Gasteiger partial charge in [-0.15, -0.1) is 0 Å². The molecule has 104 valence electrons. The number of H-pyrrole nitrogens is 1. The highest BCUT2D eigenvalue weighted by Crippen LogP contribution is 2.20. The Balaban J connectivity index is 1.84. The van der Waals surface area contributed by atoms with Gasteiger partial charge in [0.15, 0.2) is 5.69 Å². The summed E-state index contributed by atoms with van der Waals surface area (Å²) in [6.45, 7) is 1.79. The van der Waals surface area contributed by atoms with Crippen LogP contribution in [0.15, 0.2) is 12.5 Å². The van der Waals surface area contributed by atoms with Crippen LogP contribution in [0.3, 0.4) is 0 Å². The van der Waals surface area contributed by atoms with Crippen molar-refractivity contribution in [3.63, 3.8) is 0 Å². The highest BCUT2D eigenvalue weighted by Gasteiger charge is 2.20. The summed E-state index contributed by atoms with van der Waals surface area (Å²) in [5, 5.41) is 8.92. The van der Waals surface area contributed by atoms with E-state index in [0.29, 0.717) is 5.95 Å². The number of anilines is 2. The number of nitrogens with zero attached hydrogens (tertiary/aromatic N) is 5. The van der Waals surface area contributed by atoms with Gasteiger partial charge in [0.05, 0.1) is 11.2 Å². The van der Waals surface area contributed by atoms with Crippen LogP contribution in [0, 0.1) is 0 Å². The monoisotopic (exact) mass is 293 g/mol. The van der Waals surface area contributed by atoms with Crippen molar-refractivity contribution in [2.75, 3.05) is 23.3 Å². The van der Waals surface area contributed by atoms with Crippen molar-refractivity contribution in [1.29, 1.82) is 0 Å². The fraction of sp³-hybridized carbons (Fsp3) is 0.364. The lowest BCUT2D eigenvalue weighted by atomic mass is 10.4. The molecule has 3 heterocycles. The van der Waals surface area contributed by atoms with E-state index in [1.165, 1.54) is 12.5 Å². The van der Waals surface area contributed by atoms with E-state index in [2.05, 4.69) is 30.5 Å². The molecular formula is C11H12ClN7O. The topological polar surface area (TPSA) is 99.7 Å². The molecule has 0 atom stereocenters. The van der Waals surface area contributed by atoms with Crippen LogP contribution in [-0.4, -0.2) is 44.1 Å². The van der Waals surface area contributed by atoms with Gasteiger partial charge in [0.1, 0.15) is 6.33 Å². The molecule has 0 spiro atoms. The molecule has 0 bridgehead atoms. The molecule has 0 radical (unpaired) electrons. The smallest absolute Gasteiger partial charge is 0.278 e. The van der Waals surface area contributed by atoms with Gasteiger partial charge in [-0.3, -0.25) is 10.1 Å². The van der Waals surface area contributed by atoms with Gasteiger partial charge in [0, 0.05) is 13.1 Å². The van der Waals surface area contributed by atoms with Crippen molar-refractivity contribution < 1.29 is 4.79 Å². The maximum atomic E-state index is 12.1. The quantitative estimate of drug-likeness (QED) is 0.879. The molecule has 0 aliphatic carbocycles. The largest absolute Gasteiger partial charge is 0.341 e. The SMILES string of the molecule is O=C(Nc1ncn[nH]1)c1nc(N2CCCC2)ncc1Cl. The Hall–Kier alpha value is -2.22. The second-order valence-corrected chi connectivity index (χ2v) is 4.76.